The van der Waals surface area contributed by atoms with Crippen molar-refractivity contribution in [1.82, 2.24) is 4.90 Å². The van der Waals surface area contributed by atoms with Gasteiger partial charge in [0, 0.05) is 12.6 Å². The van der Waals surface area contributed by atoms with Gasteiger partial charge < -0.3 is 14.2 Å². The number of thioether (sulfide) groups is 1. The number of aryl methyl sites for hydroxylation is 1. The van der Waals surface area contributed by atoms with Crippen LogP contribution in [0.2, 0.25) is 0 Å². The zero-order valence-electron chi connectivity index (χ0n) is 23.0. The van der Waals surface area contributed by atoms with Gasteiger partial charge in [-0.25, -0.2) is 0 Å². The highest BCUT2D eigenvalue weighted by Crippen LogP contribution is 2.33. The van der Waals surface area contributed by atoms with Crippen LogP contribution in [0.3, 0.4) is 0 Å². The normalized spacial score (nSPS) is 14.6. The molecule has 3 aromatic rings. The van der Waals surface area contributed by atoms with Gasteiger partial charge in [0.05, 0.1) is 11.4 Å². The van der Waals surface area contributed by atoms with Crippen LogP contribution in [0.25, 0.3) is 6.08 Å². The van der Waals surface area contributed by atoms with Gasteiger partial charge in [-0.2, -0.15) is 8.42 Å². The Bertz CT molecular complexity index is 1600. The summed E-state index contributed by atoms with van der Waals surface area (Å²) in [6, 6.07) is 17.7. The number of benzene rings is 3. The zero-order chi connectivity index (χ0) is 29.7. The number of rotatable bonds is 10. The molecule has 0 bridgehead atoms. The topological polar surface area (TPSA) is 119 Å². The summed E-state index contributed by atoms with van der Waals surface area (Å²) in [7, 11) is -4.11. The number of nitrogens with one attached hydrogen (secondary N) is 1. The van der Waals surface area contributed by atoms with Crippen LogP contribution in [0.5, 0.6) is 11.5 Å². The number of imide groups is 1. The van der Waals surface area contributed by atoms with Gasteiger partial charge in [0.2, 0.25) is 5.91 Å². The summed E-state index contributed by atoms with van der Waals surface area (Å²) in [6.45, 7) is 7.77. The Hall–Kier alpha value is -4.09. The minimum atomic E-state index is -4.11. The van der Waals surface area contributed by atoms with Crippen molar-refractivity contribution in [2.24, 2.45) is 0 Å². The molecule has 0 atom stereocenters. The molecule has 0 unspecified atom stereocenters. The van der Waals surface area contributed by atoms with E-state index in [0.717, 1.165) is 33.5 Å². The van der Waals surface area contributed by atoms with Gasteiger partial charge in [0.25, 0.3) is 11.1 Å². The first kappa shape index (κ1) is 29.9. The van der Waals surface area contributed by atoms with Gasteiger partial charge in [-0.1, -0.05) is 38.1 Å². The average Bonchev–Trinajstić information content (AvgIpc) is 3.17. The van der Waals surface area contributed by atoms with Crippen LogP contribution in [0.15, 0.2) is 76.5 Å². The summed E-state index contributed by atoms with van der Waals surface area (Å²) in [5.74, 6) is 0.408. The molecule has 1 heterocycles. The number of ether oxygens (including phenoxy) is 1. The van der Waals surface area contributed by atoms with E-state index in [1.807, 2.05) is 25.1 Å². The molecule has 1 aliphatic heterocycles. The number of amides is 3. The van der Waals surface area contributed by atoms with E-state index in [-0.39, 0.29) is 45.8 Å². The van der Waals surface area contributed by atoms with Crippen LogP contribution in [0.1, 0.15) is 43.4 Å². The average molecular weight is 595 g/mol. The molecule has 3 aromatic carbocycles. The largest absolute Gasteiger partial charge is 0.491 e. The molecule has 41 heavy (non-hydrogen) atoms. The van der Waals surface area contributed by atoms with Crippen molar-refractivity contribution in [1.29, 1.82) is 0 Å². The smallest absolute Gasteiger partial charge is 0.339 e. The van der Waals surface area contributed by atoms with Crippen LogP contribution < -0.4 is 14.2 Å². The highest BCUT2D eigenvalue weighted by atomic mass is 32.2. The molecule has 1 N–H and O–H groups in total. The first-order valence-electron chi connectivity index (χ1n) is 12.8. The molecule has 4 rings (SSSR count). The first-order valence-corrected chi connectivity index (χ1v) is 15.1. The SMILES string of the molecule is CC(=O)Nc1ccc(S(=O)(=O)Oc2ccc(/C=C3\SC(=O)N(CCOc4cc(C)ccc4C(C)C)C3=O)cc2)cc1. The maximum atomic E-state index is 12.9. The van der Waals surface area contributed by atoms with E-state index in [1.165, 1.54) is 43.3 Å². The van der Waals surface area contributed by atoms with Crippen molar-refractivity contribution in [3.8, 4) is 11.5 Å². The van der Waals surface area contributed by atoms with E-state index < -0.39 is 16.0 Å². The number of carbonyl (C=O) groups is 3. The number of hydrogen-bond donors (Lipinski definition) is 1. The quantitative estimate of drug-likeness (QED) is 0.226. The van der Waals surface area contributed by atoms with E-state index in [2.05, 4.69) is 19.2 Å². The second kappa shape index (κ2) is 12.6. The van der Waals surface area contributed by atoms with E-state index in [1.54, 1.807) is 18.2 Å². The van der Waals surface area contributed by atoms with Crippen molar-refractivity contribution in [3.05, 3.63) is 88.3 Å². The van der Waals surface area contributed by atoms with E-state index in [0.29, 0.717) is 11.3 Å². The van der Waals surface area contributed by atoms with Gasteiger partial charge in [-0.05, 0) is 89.8 Å². The van der Waals surface area contributed by atoms with Crippen LogP contribution >= 0.6 is 11.8 Å². The summed E-state index contributed by atoms with van der Waals surface area (Å²) in [6.07, 6.45) is 1.57. The fraction of sp³-hybridized carbons (Fsp3) is 0.233. The maximum Gasteiger partial charge on any atom is 0.339 e. The Balaban J connectivity index is 1.37. The molecular formula is C30H30N2O7S2. The third-order valence-electron chi connectivity index (χ3n) is 6.08. The van der Waals surface area contributed by atoms with Crippen LogP contribution in [0, 0.1) is 6.92 Å². The maximum absolute atomic E-state index is 12.9. The molecule has 1 saturated heterocycles. The minimum Gasteiger partial charge on any atom is -0.491 e. The lowest BCUT2D eigenvalue weighted by atomic mass is 10.0. The first-order chi connectivity index (χ1) is 19.4. The Morgan fingerprint density at radius 2 is 1.71 bits per heavy atom. The molecule has 3 amide bonds. The number of carbonyl (C=O) groups excluding carboxylic acids is 3. The van der Waals surface area contributed by atoms with Gasteiger partial charge in [0.15, 0.2) is 0 Å². The van der Waals surface area contributed by atoms with Crippen LogP contribution in [-0.2, 0) is 19.7 Å². The zero-order valence-corrected chi connectivity index (χ0v) is 24.7. The lowest BCUT2D eigenvalue weighted by Crippen LogP contribution is -2.32. The van der Waals surface area contributed by atoms with Crippen molar-refractivity contribution < 1.29 is 31.7 Å². The lowest BCUT2D eigenvalue weighted by molar-refractivity contribution is -0.123. The van der Waals surface area contributed by atoms with E-state index in [9.17, 15) is 22.8 Å². The van der Waals surface area contributed by atoms with Gasteiger partial charge >= 0.3 is 10.1 Å². The van der Waals surface area contributed by atoms with E-state index >= 15 is 0 Å². The highest BCUT2D eigenvalue weighted by molar-refractivity contribution is 8.18. The highest BCUT2D eigenvalue weighted by Gasteiger charge is 2.34. The molecule has 0 aromatic heterocycles. The number of nitrogens with zero attached hydrogens (tertiary/aromatic N) is 1. The lowest BCUT2D eigenvalue weighted by Gasteiger charge is -2.17. The monoisotopic (exact) mass is 594 g/mol. The second-order valence-electron chi connectivity index (χ2n) is 9.69. The molecule has 11 heteroatoms. The Morgan fingerprint density at radius 3 is 2.34 bits per heavy atom. The van der Waals surface area contributed by atoms with Gasteiger partial charge in [-0.3, -0.25) is 19.3 Å². The summed E-state index contributed by atoms with van der Waals surface area (Å²) in [5, 5.41) is 2.18. The Kier molecular flexibility index (Phi) is 9.19. The van der Waals surface area contributed by atoms with E-state index in [4.69, 9.17) is 8.92 Å². The third kappa shape index (κ3) is 7.56. The van der Waals surface area contributed by atoms with Crippen molar-refractivity contribution in [2.45, 2.75) is 38.5 Å². The number of hydrogen-bond acceptors (Lipinski definition) is 8. The Morgan fingerprint density at radius 1 is 1.02 bits per heavy atom. The molecular weight excluding hydrogens is 564 g/mol. The fourth-order valence-electron chi connectivity index (χ4n) is 4.04. The fourth-order valence-corrected chi connectivity index (χ4v) is 5.83. The predicted octanol–water partition coefficient (Wildman–Crippen LogP) is 5.96. The molecule has 1 aliphatic rings. The molecule has 0 spiro atoms. The Labute approximate surface area is 243 Å². The molecule has 214 valence electrons. The molecule has 0 radical (unpaired) electrons. The van der Waals surface area contributed by atoms with Crippen LogP contribution in [0.4, 0.5) is 10.5 Å². The third-order valence-corrected chi connectivity index (χ3v) is 8.25. The minimum absolute atomic E-state index is 0.0730. The molecule has 0 saturated carbocycles. The summed E-state index contributed by atoms with van der Waals surface area (Å²) in [4.78, 5) is 38.0. The van der Waals surface area contributed by atoms with Crippen molar-refractivity contribution in [2.75, 3.05) is 18.5 Å². The summed E-state index contributed by atoms with van der Waals surface area (Å²) in [5.41, 5.74) is 3.18. The van der Waals surface area contributed by atoms with Crippen LogP contribution in [-0.4, -0.2) is 43.5 Å². The standard InChI is InChI=1S/C30H30N2O7S2/c1-19(2)26-14-5-20(3)17-27(26)38-16-15-32-29(34)28(40-30(32)35)18-22-6-10-24(11-7-22)39-41(36,37)25-12-8-23(9-13-25)31-21(4)33/h5-14,17-19H,15-16H2,1-4H3,(H,31,33)/b28-18-. The van der Waals surface area contributed by atoms with Gasteiger partial charge in [-0.15, -0.1) is 0 Å². The number of anilines is 1. The second-order valence-corrected chi connectivity index (χ2v) is 12.2. The summed E-state index contributed by atoms with van der Waals surface area (Å²) < 4.78 is 36.4. The molecule has 1 fully saturated rings. The van der Waals surface area contributed by atoms with Crippen molar-refractivity contribution in [3.63, 3.8) is 0 Å². The van der Waals surface area contributed by atoms with Crippen molar-refractivity contribution >= 4 is 50.7 Å². The summed E-state index contributed by atoms with van der Waals surface area (Å²) >= 11 is 0.839. The van der Waals surface area contributed by atoms with Gasteiger partial charge in [0.1, 0.15) is 23.0 Å². The molecule has 0 aliphatic carbocycles. The molecule has 9 nitrogen and oxygen atoms in total. The predicted molar refractivity (Wildman–Crippen MR) is 158 cm³/mol.